The number of ether oxygens (including phenoxy) is 1. The highest BCUT2D eigenvalue weighted by molar-refractivity contribution is 5.68. The molecule has 1 saturated heterocycles. The van der Waals surface area contributed by atoms with Crippen molar-refractivity contribution in [2.45, 2.75) is 53.1 Å². The Morgan fingerprint density at radius 2 is 1.50 bits per heavy atom. The van der Waals surface area contributed by atoms with Crippen LogP contribution in [0, 0.1) is 0 Å². The molecular weight excluding hydrogens is 204 g/mol. The lowest BCUT2D eigenvalue weighted by atomic mass is 10.2. The van der Waals surface area contributed by atoms with E-state index >= 15 is 0 Å². The maximum atomic E-state index is 11.4. The molecule has 0 unspecified atom stereocenters. The summed E-state index contributed by atoms with van der Waals surface area (Å²) in [7, 11) is 1.50. The van der Waals surface area contributed by atoms with Crippen LogP contribution in [0.15, 0.2) is 0 Å². The van der Waals surface area contributed by atoms with Crippen molar-refractivity contribution >= 4 is 6.09 Å². The molecule has 1 fully saturated rings. The summed E-state index contributed by atoms with van der Waals surface area (Å²) in [5.41, 5.74) is 4.14. The number of hydrogen-bond donors (Lipinski definition) is 1. The fourth-order valence-corrected chi connectivity index (χ4v) is 1.23. The first-order valence-electron chi connectivity index (χ1n) is 6.05. The molecule has 0 spiro atoms. The highest BCUT2D eigenvalue weighted by atomic mass is 16.6. The van der Waals surface area contributed by atoms with Crippen LogP contribution in [0.2, 0.25) is 0 Å². The van der Waals surface area contributed by atoms with Crippen LogP contribution in [0.4, 0.5) is 4.79 Å². The summed E-state index contributed by atoms with van der Waals surface area (Å²) in [5, 5.41) is 0. The van der Waals surface area contributed by atoms with Gasteiger partial charge in [0.25, 0.3) is 0 Å². The fraction of sp³-hybridized carbons (Fsp3) is 0.917. The molecule has 0 bridgehead atoms. The van der Waals surface area contributed by atoms with Gasteiger partial charge in [0.15, 0.2) is 0 Å². The third-order valence-electron chi connectivity index (χ3n) is 1.76. The van der Waals surface area contributed by atoms with Gasteiger partial charge in [-0.3, -0.25) is 0 Å². The molecule has 4 nitrogen and oxygen atoms in total. The average Bonchev–Trinajstić information content (AvgIpc) is 2.74. The largest absolute Gasteiger partial charge is 0.444 e. The van der Waals surface area contributed by atoms with Gasteiger partial charge in [0.2, 0.25) is 0 Å². The summed E-state index contributed by atoms with van der Waals surface area (Å²) in [6, 6.07) is 0. The first kappa shape index (κ1) is 17.6. The molecule has 1 rings (SSSR count). The topological polar surface area (TPSA) is 55.6 Å². The number of hydrogen-bond acceptors (Lipinski definition) is 3. The highest BCUT2D eigenvalue weighted by Crippen LogP contribution is 2.14. The fourth-order valence-electron chi connectivity index (χ4n) is 1.23. The molecule has 0 aromatic carbocycles. The number of carbonyl (C=O) groups is 1. The van der Waals surface area contributed by atoms with Crippen LogP contribution in [0.25, 0.3) is 0 Å². The maximum Gasteiger partial charge on any atom is 0.410 e. The van der Waals surface area contributed by atoms with Crippen molar-refractivity contribution in [3.05, 3.63) is 0 Å². The van der Waals surface area contributed by atoms with Crippen LogP contribution in [0.3, 0.4) is 0 Å². The number of likely N-dealkylation sites (tertiary alicyclic amines) is 1. The smallest absolute Gasteiger partial charge is 0.410 e. The first-order chi connectivity index (χ1) is 7.49. The predicted octanol–water partition coefficient (Wildman–Crippen LogP) is 2.62. The van der Waals surface area contributed by atoms with Crippen molar-refractivity contribution < 1.29 is 9.53 Å². The first-order valence-corrected chi connectivity index (χ1v) is 6.05. The number of rotatable bonds is 0. The van der Waals surface area contributed by atoms with Gasteiger partial charge in [-0.2, -0.15) is 0 Å². The van der Waals surface area contributed by atoms with Crippen molar-refractivity contribution in [1.29, 1.82) is 0 Å². The summed E-state index contributed by atoms with van der Waals surface area (Å²) in [4.78, 5) is 13.1. The van der Waals surface area contributed by atoms with Crippen molar-refractivity contribution in [3.8, 4) is 0 Å². The third kappa shape index (κ3) is 8.53. The van der Waals surface area contributed by atoms with Gasteiger partial charge < -0.3 is 15.4 Å². The zero-order valence-corrected chi connectivity index (χ0v) is 11.7. The van der Waals surface area contributed by atoms with Crippen LogP contribution in [-0.4, -0.2) is 36.7 Å². The molecule has 1 aliphatic heterocycles. The molecule has 98 valence electrons. The Labute approximate surface area is 100 Å². The Bertz CT molecular complexity index is 170. The summed E-state index contributed by atoms with van der Waals surface area (Å²) in [6.07, 6.45) is 2.05. The van der Waals surface area contributed by atoms with Crippen molar-refractivity contribution in [3.63, 3.8) is 0 Å². The van der Waals surface area contributed by atoms with E-state index in [9.17, 15) is 4.79 Å². The second-order valence-electron chi connectivity index (χ2n) is 4.17. The lowest BCUT2D eigenvalue weighted by Gasteiger charge is -2.23. The van der Waals surface area contributed by atoms with Crippen LogP contribution < -0.4 is 5.73 Å². The molecule has 0 radical (unpaired) electrons. The van der Waals surface area contributed by atoms with E-state index in [0.29, 0.717) is 0 Å². The molecule has 2 N–H and O–H groups in total. The molecule has 16 heavy (non-hydrogen) atoms. The number of carbonyl (C=O) groups excluding carboxylic acids is 1. The quantitative estimate of drug-likeness (QED) is 0.698. The minimum absolute atomic E-state index is 0.167. The predicted molar refractivity (Wildman–Crippen MR) is 68.5 cm³/mol. The average molecular weight is 232 g/mol. The van der Waals surface area contributed by atoms with E-state index in [2.05, 4.69) is 5.73 Å². The van der Waals surface area contributed by atoms with E-state index in [-0.39, 0.29) is 11.7 Å². The SMILES string of the molecule is CC.CC(C)(C)OC(=O)N1CCCC1.CN. The summed E-state index contributed by atoms with van der Waals surface area (Å²) >= 11 is 0. The molecule has 1 amide bonds. The normalized spacial score (nSPS) is 14.3. The van der Waals surface area contributed by atoms with E-state index in [0.717, 1.165) is 25.9 Å². The van der Waals surface area contributed by atoms with E-state index in [1.807, 2.05) is 34.6 Å². The Morgan fingerprint density at radius 1 is 1.12 bits per heavy atom. The Kier molecular flexibility index (Phi) is 10.4. The van der Waals surface area contributed by atoms with Gasteiger partial charge in [-0.05, 0) is 40.7 Å². The van der Waals surface area contributed by atoms with Gasteiger partial charge in [0, 0.05) is 13.1 Å². The van der Waals surface area contributed by atoms with Gasteiger partial charge >= 0.3 is 6.09 Å². The van der Waals surface area contributed by atoms with Crippen LogP contribution in [-0.2, 0) is 4.74 Å². The third-order valence-corrected chi connectivity index (χ3v) is 1.76. The van der Waals surface area contributed by atoms with E-state index in [1.54, 1.807) is 4.90 Å². The zero-order chi connectivity index (χ0) is 13.2. The number of amides is 1. The molecule has 1 aliphatic rings. The van der Waals surface area contributed by atoms with E-state index < -0.39 is 0 Å². The number of nitrogens with zero attached hydrogens (tertiary/aromatic N) is 1. The van der Waals surface area contributed by atoms with Gasteiger partial charge in [-0.25, -0.2) is 4.79 Å². The molecule has 1 heterocycles. The molecule has 0 saturated carbocycles. The standard InChI is InChI=1S/C9H17NO2.C2H6.CH5N/c1-9(2,3)12-8(11)10-6-4-5-7-10;2*1-2/h4-7H2,1-3H3;1-2H3;2H2,1H3. The van der Waals surface area contributed by atoms with Gasteiger partial charge in [0.05, 0.1) is 0 Å². The lowest BCUT2D eigenvalue weighted by Crippen LogP contribution is -2.34. The molecular formula is C12H28N2O2. The highest BCUT2D eigenvalue weighted by Gasteiger charge is 2.23. The Morgan fingerprint density at radius 3 is 1.81 bits per heavy atom. The van der Waals surface area contributed by atoms with Crippen molar-refractivity contribution in [2.75, 3.05) is 20.1 Å². The van der Waals surface area contributed by atoms with Gasteiger partial charge in [-0.1, -0.05) is 13.8 Å². The summed E-state index contributed by atoms with van der Waals surface area (Å²) in [6.45, 7) is 11.4. The van der Waals surface area contributed by atoms with Crippen LogP contribution >= 0.6 is 0 Å². The van der Waals surface area contributed by atoms with Crippen molar-refractivity contribution in [2.24, 2.45) is 5.73 Å². The zero-order valence-electron chi connectivity index (χ0n) is 11.7. The molecule has 0 aromatic heterocycles. The lowest BCUT2D eigenvalue weighted by molar-refractivity contribution is 0.0295. The second kappa shape index (κ2) is 9.46. The summed E-state index contributed by atoms with van der Waals surface area (Å²) in [5.74, 6) is 0. The van der Waals surface area contributed by atoms with Crippen molar-refractivity contribution in [1.82, 2.24) is 4.90 Å². The molecule has 0 aromatic rings. The second-order valence-corrected chi connectivity index (χ2v) is 4.17. The van der Waals surface area contributed by atoms with E-state index in [1.165, 1.54) is 7.05 Å². The minimum atomic E-state index is -0.361. The maximum absolute atomic E-state index is 11.4. The molecule has 0 aliphatic carbocycles. The summed E-state index contributed by atoms with van der Waals surface area (Å²) < 4.78 is 5.21. The Hall–Kier alpha value is -0.770. The molecule has 0 atom stereocenters. The van der Waals surface area contributed by atoms with Crippen LogP contribution in [0.5, 0.6) is 0 Å². The van der Waals surface area contributed by atoms with Crippen LogP contribution in [0.1, 0.15) is 47.5 Å². The molecule has 4 heteroatoms. The van der Waals surface area contributed by atoms with Gasteiger partial charge in [0.1, 0.15) is 5.60 Å². The Balaban J connectivity index is 0. The van der Waals surface area contributed by atoms with E-state index in [4.69, 9.17) is 4.74 Å². The monoisotopic (exact) mass is 232 g/mol. The minimum Gasteiger partial charge on any atom is -0.444 e. The number of nitrogens with two attached hydrogens (primary N) is 1. The van der Waals surface area contributed by atoms with Gasteiger partial charge in [-0.15, -0.1) is 0 Å².